The van der Waals surface area contributed by atoms with Crippen LogP contribution < -0.4 is 10.6 Å². The van der Waals surface area contributed by atoms with E-state index >= 15 is 0 Å². The zero-order valence-electron chi connectivity index (χ0n) is 12.8. The number of nitrogen functional groups attached to an aromatic ring is 1. The van der Waals surface area contributed by atoms with Gasteiger partial charge in [0.1, 0.15) is 0 Å². The van der Waals surface area contributed by atoms with E-state index in [2.05, 4.69) is 60.4 Å². The minimum Gasteiger partial charge on any atom is -0.398 e. The Morgan fingerprint density at radius 2 is 1.76 bits per heavy atom. The molecule has 3 rings (SSSR count). The molecule has 21 heavy (non-hydrogen) atoms. The fourth-order valence-corrected chi connectivity index (χ4v) is 3.17. The van der Waals surface area contributed by atoms with Gasteiger partial charge in [0.15, 0.2) is 0 Å². The lowest BCUT2D eigenvalue weighted by atomic mass is 9.90. The van der Waals surface area contributed by atoms with E-state index in [1.165, 1.54) is 30.5 Å². The van der Waals surface area contributed by atoms with Gasteiger partial charge in [-0.25, -0.2) is 0 Å². The predicted octanol–water partition coefficient (Wildman–Crippen LogP) is 4.04. The molecule has 110 valence electrons. The van der Waals surface area contributed by atoms with Crippen molar-refractivity contribution in [2.45, 2.75) is 26.2 Å². The second kappa shape index (κ2) is 6.21. The van der Waals surface area contributed by atoms with E-state index in [0.29, 0.717) is 0 Å². The van der Waals surface area contributed by atoms with Crippen LogP contribution in [0.5, 0.6) is 0 Å². The van der Waals surface area contributed by atoms with Crippen LogP contribution >= 0.6 is 0 Å². The molecule has 0 atom stereocenters. The van der Waals surface area contributed by atoms with Crippen LogP contribution in [0.15, 0.2) is 48.5 Å². The first-order valence-electron chi connectivity index (χ1n) is 7.87. The Hall–Kier alpha value is -1.96. The number of piperidine rings is 1. The Balaban J connectivity index is 1.58. The molecule has 1 fully saturated rings. The molecule has 1 aliphatic heterocycles. The summed E-state index contributed by atoms with van der Waals surface area (Å²) in [5, 5.41) is 0. The first kappa shape index (κ1) is 14.0. The largest absolute Gasteiger partial charge is 0.398 e. The molecule has 1 aliphatic rings. The van der Waals surface area contributed by atoms with Crippen molar-refractivity contribution < 1.29 is 0 Å². The van der Waals surface area contributed by atoms with Crippen molar-refractivity contribution in [1.82, 2.24) is 0 Å². The van der Waals surface area contributed by atoms with Gasteiger partial charge >= 0.3 is 0 Å². The van der Waals surface area contributed by atoms with Crippen LogP contribution in [0.4, 0.5) is 11.4 Å². The van der Waals surface area contributed by atoms with Crippen LogP contribution in [0.2, 0.25) is 0 Å². The SMILES string of the molecule is Cc1ccc(N2CCC(Cc3ccccc3)CC2)cc1N. The quantitative estimate of drug-likeness (QED) is 0.860. The van der Waals surface area contributed by atoms with E-state index in [1.807, 2.05) is 0 Å². The Kier molecular flexibility index (Phi) is 4.14. The fraction of sp³-hybridized carbons (Fsp3) is 0.368. The summed E-state index contributed by atoms with van der Waals surface area (Å²) in [6.07, 6.45) is 3.75. The van der Waals surface area contributed by atoms with Crippen LogP contribution in [0.3, 0.4) is 0 Å². The average Bonchev–Trinajstić information content (AvgIpc) is 2.52. The number of rotatable bonds is 3. The summed E-state index contributed by atoms with van der Waals surface area (Å²) < 4.78 is 0. The van der Waals surface area contributed by atoms with Gasteiger partial charge in [-0.3, -0.25) is 0 Å². The lowest BCUT2D eigenvalue weighted by Gasteiger charge is -2.34. The molecule has 1 saturated heterocycles. The average molecular weight is 280 g/mol. The number of hydrogen-bond acceptors (Lipinski definition) is 2. The minimum atomic E-state index is 0.812. The van der Waals surface area contributed by atoms with Crippen LogP contribution in [0.1, 0.15) is 24.0 Å². The maximum absolute atomic E-state index is 6.03. The molecule has 2 aromatic rings. The highest BCUT2D eigenvalue weighted by Gasteiger charge is 2.19. The molecule has 0 unspecified atom stereocenters. The summed E-state index contributed by atoms with van der Waals surface area (Å²) in [6.45, 7) is 4.34. The molecule has 0 aliphatic carbocycles. The topological polar surface area (TPSA) is 29.3 Å². The van der Waals surface area contributed by atoms with Crippen molar-refractivity contribution in [1.29, 1.82) is 0 Å². The van der Waals surface area contributed by atoms with Gasteiger partial charge in [-0.2, -0.15) is 0 Å². The van der Waals surface area contributed by atoms with E-state index in [-0.39, 0.29) is 0 Å². The van der Waals surface area contributed by atoms with Crippen molar-refractivity contribution in [3.8, 4) is 0 Å². The highest BCUT2D eigenvalue weighted by molar-refractivity contribution is 5.59. The second-order valence-corrected chi connectivity index (χ2v) is 6.16. The Labute approximate surface area is 127 Å². The molecule has 2 nitrogen and oxygen atoms in total. The minimum absolute atomic E-state index is 0.812. The van der Waals surface area contributed by atoms with Gasteiger partial charge in [-0.1, -0.05) is 36.4 Å². The van der Waals surface area contributed by atoms with Gasteiger partial charge in [0.05, 0.1) is 0 Å². The van der Waals surface area contributed by atoms with Gasteiger partial charge in [-0.15, -0.1) is 0 Å². The van der Waals surface area contributed by atoms with Crippen LogP contribution in [0.25, 0.3) is 0 Å². The van der Waals surface area contributed by atoms with Crippen LogP contribution in [-0.2, 0) is 6.42 Å². The number of anilines is 2. The Bertz CT molecular complexity index is 584. The van der Waals surface area contributed by atoms with Crippen LogP contribution in [0, 0.1) is 12.8 Å². The molecular weight excluding hydrogens is 256 g/mol. The lowest BCUT2D eigenvalue weighted by Crippen LogP contribution is -2.34. The number of hydrogen-bond donors (Lipinski definition) is 1. The third kappa shape index (κ3) is 3.38. The Morgan fingerprint density at radius 1 is 1.05 bits per heavy atom. The molecule has 2 N–H and O–H groups in total. The van der Waals surface area contributed by atoms with Crippen molar-refractivity contribution in [3.05, 3.63) is 59.7 Å². The van der Waals surface area contributed by atoms with Gasteiger partial charge in [0.2, 0.25) is 0 Å². The van der Waals surface area contributed by atoms with E-state index in [0.717, 1.165) is 30.3 Å². The first-order valence-corrected chi connectivity index (χ1v) is 7.87. The molecule has 2 heteroatoms. The summed E-state index contributed by atoms with van der Waals surface area (Å²) in [5.41, 5.74) is 10.8. The monoisotopic (exact) mass is 280 g/mol. The maximum atomic E-state index is 6.03. The molecule has 0 saturated carbocycles. The zero-order valence-corrected chi connectivity index (χ0v) is 12.8. The fourth-order valence-electron chi connectivity index (χ4n) is 3.17. The molecule has 2 aromatic carbocycles. The second-order valence-electron chi connectivity index (χ2n) is 6.16. The summed E-state index contributed by atoms with van der Waals surface area (Å²) in [4.78, 5) is 2.47. The van der Waals surface area contributed by atoms with E-state index in [9.17, 15) is 0 Å². The van der Waals surface area contributed by atoms with E-state index in [1.54, 1.807) is 0 Å². The van der Waals surface area contributed by atoms with Gasteiger partial charge in [0.25, 0.3) is 0 Å². The molecule has 1 heterocycles. The van der Waals surface area contributed by atoms with Crippen LogP contribution in [-0.4, -0.2) is 13.1 Å². The third-order valence-electron chi connectivity index (χ3n) is 4.61. The summed E-state index contributed by atoms with van der Waals surface area (Å²) >= 11 is 0. The van der Waals surface area contributed by atoms with Gasteiger partial charge < -0.3 is 10.6 Å². The predicted molar refractivity (Wildman–Crippen MR) is 90.7 cm³/mol. The molecular formula is C19H24N2. The highest BCUT2D eigenvalue weighted by Crippen LogP contribution is 2.27. The van der Waals surface area contributed by atoms with Crippen molar-refractivity contribution in [3.63, 3.8) is 0 Å². The molecule has 0 radical (unpaired) electrons. The summed E-state index contributed by atoms with van der Waals surface area (Å²) in [7, 11) is 0. The van der Waals surface area contributed by atoms with Crippen molar-refractivity contribution in [2.75, 3.05) is 23.7 Å². The number of aryl methyl sites for hydroxylation is 1. The lowest BCUT2D eigenvalue weighted by molar-refractivity contribution is 0.404. The third-order valence-corrected chi connectivity index (χ3v) is 4.61. The number of benzene rings is 2. The first-order chi connectivity index (χ1) is 10.2. The normalized spacial score (nSPS) is 16.1. The molecule has 0 spiro atoms. The molecule has 0 bridgehead atoms. The van der Waals surface area contributed by atoms with E-state index < -0.39 is 0 Å². The van der Waals surface area contributed by atoms with Crippen molar-refractivity contribution >= 4 is 11.4 Å². The highest BCUT2D eigenvalue weighted by atomic mass is 15.1. The standard InChI is InChI=1S/C19H24N2/c1-15-7-8-18(14-19(15)20)21-11-9-17(10-12-21)13-16-5-3-2-4-6-16/h2-8,14,17H,9-13,20H2,1H3. The van der Waals surface area contributed by atoms with Crippen molar-refractivity contribution in [2.24, 2.45) is 5.92 Å². The van der Waals surface area contributed by atoms with E-state index in [4.69, 9.17) is 5.73 Å². The molecule has 0 amide bonds. The maximum Gasteiger partial charge on any atom is 0.0387 e. The van der Waals surface area contributed by atoms with Gasteiger partial charge in [0, 0.05) is 24.5 Å². The zero-order chi connectivity index (χ0) is 14.7. The summed E-state index contributed by atoms with van der Waals surface area (Å²) in [6, 6.07) is 17.3. The Morgan fingerprint density at radius 3 is 2.43 bits per heavy atom. The van der Waals surface area contributed by atoms with Gasteiger partial charge in [-0.05, 0) is 55.4 Å². The number of nitrogens with zero attached hydrogens (tertiary/aromatic N) is 1. The summed E-state index contributed by atoms with van der Waals surface area (Å²) in [5.74, 6) is 0.812. The number of nitrogens with two attached hydrogens (primary N) is 1. The smallest absolute Gasteiger partial charge is 0.0387 e. The molecule has 0 aromatic heterocycles.